The van der Waals surface area contributed by atoms with E-state index in [1.807, 2.05) is 6.92 Å². The summed E-state index contributed by atoms with van der Waals surface area (Å²) in [5.74, 6) is -0.480. The van der Waals surface area contributed by atoms with Gasteiger partial charge in [0, 0.05) is 19.4 Å². The fourth-order valence-corrected chi connectivity index (χ4v) is 1.68. The highest BCUT2D eigenvalue weighted by Gasteiger charge is 2.40. The zero-order valence-electron chi connectivity index (χ0n) is 10.7. The van der Waals surface area contributed by atoms with Gasteiger partial charge >= 0.3 is 0 Å². The van der Waals surface area contributed by atoms with Crippen LogP contribution in [0.15, 0.2) is 0 Å². The van der Waals surface area contributed by atoms with Gasteiger partial charge in [-0.15, -0.1) is 0 Å². The summed E-state index contributed by atoms with van der Waals surface area (Å²) in [5, 5.41) is 18.8. The van der Waals surface area contributed by atoms with Gasteiger partial charge in [0.1, 0.15) is 17.2 Å². The van der Waals surface area contributed by atoms with E-state index in [4.69, 9.17) is 4.74 Å². The molecule has 0 aliphatic heterocycles. The lowest BCUT2D eigenvalue weighted by atomic mass is 9.90. The van der Waals surface area contributed by atoms with Crippen LogP contribution >= 0.6 is 0 Å². The Morgan fingerprint density at radius 1 is 1.18 bits per heavy atom. The summed E-state index contributed by atoms with van der Waals surface area (Å²) in [6, 6.07) is 0. The highest BCUT2D eigenvalue weighted by atomic mass is 16.6. The molecule has 2 N–H and O–H groups in total. The Balaban J connectivity index is 4.81. The number of hydrogen-bond acceptors (Lipinski definition) is 5. The number of aliphatic hydroxyl groups is 2. The molecule has 100 valence electrons. The van der Waals surface area contributed by atoms with Crippen LogP contribution in [0.1, 0.15) is 46.5 Å². The molecule has 0 heterocycles. The van der Waals surface area contributed by atoms with Crippen molar-refractivity contribution in [2.24, 2.45) is 0 Å². The second kappa shape index (κ2) is 7.53. The van der Waals surface area contributed by atoms with Crippen LogP contribution in [0.4, 0.5) is 0 Å². The summed E-state index contributed by atoms with van der Waals surface area (Å²) in [7, 11) is 0. The van der Waals surface area contributed by atoms with Gasteiger partial charge in [-0.25, -0.2) is 0 Å². The third kappa shape index (κ3) is 5.91. The van der Waals surface area contributed by atoms with Gasteiger partial charge in [-0.3, -0.25) is 9.59 Å². The Morgan fingerprint density at radius 3 is 1.94 bits per heavy atom. The largest absolute Gasteiger partial charge is 0.369 e. The molecule has 0 saturated carbocycles. The van der Waals surface area contributed by atoms with E-state index in [2.05, 4.69) is 0 Å². The predicted molar refractivity (Wildman–Crippen MR) is 62.4 cm³/mol. The van der Waals surface area contributed by atoms with Gasteiger partial charge in [-0.05, 0) is 20.3 Å². The molecule has 0 unspecified atom stereocenters. The van der Waals surface area contributed by atoms with Gasteiger partial charge < -0.3 is 14.9 Å². The maximum atomic E-state index is 11.2. The minimum Gasteiger partial charge on any atom is -0.369 e. The Hall–Kier alpha value is -0.780. The fraction of sp³-hybridized carbons (Fsp3) is 0.833. The molecule has 17 heavy (non-hydrogen) atoms. The molecule has 0 rings (SSSR count). The zero-order chi connectivity index (χ0) is 13.5. The number of hydrogen-bond donors (Lipinski definition) is 2. The Labute approximate surface area is 102 Å². The smallest absolute Gasteiger partial charge is 0.182 e. The Morgan fingerprint density at radius 2 is 1.65 bits per heavy atom. The minimum atomic E-state index is -1.84. The normalized spacial score (nSPS) is 11.9. The number of carbonyl (C=O) groups excluding carboxylic acids is 2. The Kier molecular flexibility index (Phi) is 7.18. The number of unbranched alkanes of at least 4 members (excludes halogenated alkanes) is 1. The standard InChI is InChI=1S/C12H22O5/c1-4-5-6-17-12(11(15)16,7-9(2)13)8-10(3)14/h11,15-16H,4-8H2,1-3H3. The summed E-state index contributed by atoms with van der Waals surface area (Å²) >= 11 is 0. The molecule has 0 aromatic rings. The third-order valence-electron chi connectivity index (χ3n) is 2.45. The lowest BCUT2D eigenvalue weighted by Gasteiger charge is -2.34. The van der Waals surface area contributed by atoms with E-state index < -0.39 is 11.9 Å². The van der Waals surface area contributed by atoms with Crippen molar-refractivity contribution >= 4 is 11.6 Å². The van der Waals surface area contributed by atoms with Crippen molar-refractivity contribution in [3.63, 3.8) is 0 Å². The molecule has 5 heteroatoms. The molecule has 0 aliphatic carbocycles. The van der Waals surface area contributed by atoms with Crippen molar-refractivity contribution in [1.82, 2.24) is 0 Å². The summed E-state index contributed by atoms with van der Waals surface area (Å²) in [4.78, 5) is 22.3. The van der Waals surface area contributed by atoms with Crippen molar-refractivity contribution in [3.05, 3.63) is 0 Å². The zero-order valence-corrected chi connectivity index (χ0v) is 10.7. The number of rotatable bonds is 9. The molecule has 0 radical (unpaired) electrons. The van der Waals surface area contributed by atoms with Crippen LogP contribution in [0.3, 0.4) is 0 Å². The van der Waals surface area contributed by atoms with Crippen LogP contribution in [-0.4, -0.2) is 40.3 Å². The van der Waals surface area contributed by atoms with Crippen LogP contribution in [0, 0.1) is 0 Å². The van der Waals surface area contributed by atoms with Gasteiger partial charge in [0.2, 0.25) is 0 Å². The van der Waals surface area contributed by atoms with E-state index in [9.17, 15) is 19.8 Å². The molecule has 5 nitrogen and oxygen atoms in total. The number of aliphatic hydroxyl groups excluding tert-OH is 1. The van der Waals surface area contributed by atoms with Crippen LogP contribution in [0.25, 0.3) is 0 Å². The number of Topliss-reactive ketones (excluding diaryl/α,β-unsaturated/α-hetero) is 2. The van der Waals surface area contributed by atoms with Gasteiger partial charge in [0.15, 0.2) is 6.29 Å². The van der Waals surface area contributed by atoms with Crippen molar-refractivity contribution < 1.29 is 24.5 Å². The van der Waals surface area contributed by atoms with E-state index in [0.29, 0.717) is 6.61 Å². The first-order valence-corrected chi connectivity index (χ1v) is 5.83. The van der Waals surface area contributed by atoms with E-state index >= 15 is 0 Å². The molecular weight excluding hydrogens is 224 g/mol. The van der Waals surface area contributed by atoms with Gasteiger partial charge in [0.25, 0.3) is 0 Å². The first-order valence-electron chi connectivity index (χ1n) is 5.83. The van der Waals surface area contributed by atoms with E-state index in [1.54, 1.807) is 0 Å². The summed E-state index contributed by atoms with van der Waals surface area (Å²) in [6.45, 7) is 4.94. The first-order chi connectivity index (χ1) is 7.84. The topological polar surface area (TPSA) is 83.8 Å². The van der Waals surface area contributed by atoms with Crippen molar-refractivity contribution in [2.75, 3.05) is 6.61 Å². The van der Waals surface area contributed by atoms with Crippen LogP contribution < -0.4 is 0 Å². The second-order valence-electron chi connectivity index (χ2n) is 4.40. The molecule has 0 aromatic carbocycles. The van der Waals surface area contributed by atoms with Gasteiger partial charge in [-0.1, -0.05) is 13.3 Å². The quantitative estimate of drug-likeness (QED) is 0.464. The van der Waals surface area contributed by atoms with E-state index in [1.165, 1.54) is 13.8 Å². The van der Waals surface area contributed by atoms with Crippen LogP contribution in [0.5, 0.6) is 0 Å². The minimum absolute atomic E-state index is 0.173. The number of ether oxygens (including phenoxy) is 1. The molecule has 0 saturated heterocycles. The number of carbonyl (C=O) groups is 2. The third-order valence-corrected chi connectivity index (χ3v) is 2.45. The molecule has 0 bridgehead atoms. The molecular formula is C12H22O5. The van der Waals surface area contributed by atoms with Crippen LogP contribution in [0.2, 0.25) is 0 Å². The average Bonchev–Trinajstić information content (AvgIpc) is 2.15. The van der Waals surface area contributed by atoms with Gasteiger partial charge in [0.05, 0.1) is 0 Å². The van der Waals surface area contributed by atoms with Crippen molar-refractivity contribution in [3.8, 4) is 0 Å². The van der Waals surface area contributed by atoms with Gasteiger partial charge in [-0.2, -0.15) is 0 Å². The lowest BCUT2D eigenvalue weighted by molar-refractivity contribution is -0.214. The monoisotopic (exact) mass is 246 g/mol. The van der Waals surface area contributed by atoms with E-state index in [0.717, 1.165) is 12.8 Å². The highest BCUT2D eigenvalue weighted by molar-refractivity contribution is 5.80. The predicted octanol–water partition coefficient (Wildman–Crippen LogP) is 0.811. The van der Waals surface area contributed by atoms with Crippen molar-refractivity contribution in [2.45, 2.75) is 58.3 Å². The summed E-state index contributed by atoms with van der Waals surface area (Å²) < 4.78 is 5.41. The van der Waals surface area contributed by atoms with Crippen molar-refractivity contribution in [1.29, 1.82) is 0 Å². The highest BCUT2D eigenvalue weighted by Crippen LogP contribution is 2.26. The molecule has 0 spiro atoms. The second-order valence-corrected chi connectivity index (χ2v) is 4.40. The van der Waals surface area contributed by atoms with Crippen LogP contribution in [-0.2, 0) is 14.3 Å². The maximum absolute atomic E-state index is 11.2. The average molecular weight is 246 g/mol. The molecule has 0 aliphatic rings. The summed E-state index contributed by atoms with van der Waals surface area (Å²) in [5.41, 5.74) is -1.49. The molecule has 0 fully saturated rings. The first kappa shape index (κ1) is 16.2. The van der Waals surface area contributed by atoms with E-state index in [-0.39, 0.29) is 24.4 Å². The molecule has 0 atom stereocenters. The summed E-state index contributed by atoms with van der Waals surface area (Å²) in [6.07, 6.45) is -0.559. The molecule has 0 aromatic heterocycles. The molecule has 0 amide bonds. The number of ketones is 2. The lowest BCUT2D eigenvalue weighted by Crippen LogP contribution is -2.48. The fourth-order valence-electron chi connectivity index (χ4n) is 1.68. The maximum Gasteiger partial charge on any atom is 0.182 e. The SMILES string of the molecule is CCCCOC(CC(C)=O)(CC(C)=O)C(O)O. The Bertz CT molecular complexity index is 244.